The average molecular weight is 328 g/mol. The summed E-state index contributed by atoms with van der Waals surface area (Å²) in [7, 11) is 0. The second-order valence-electron chi connectivity index (χ2n) is 5.30. The molecule has 3 rings (SSSR count). The summed E-state index contributed by atoms with van der Waals surface area (Å²) in [4.78, 5) is 18.5. The number of rotatable bonds is 5. The lowest BCUT2D eigenvalue weighted by Gasteiger charge is -2.19. The molecule has 0 saturated heterocycles. The molecule has 0 radical (unpaired) electrons. The number of hydrogen-bond acceptors (Lipinski definition) is 3. The molecule has 0 aliphatic carbocycles. The molecule has 2 aromatic carbocycles. The molecule has 3 aromatic rings. The van der Waals surface area contributed by atoms with Crippen LogP contribution in [0.4, 0.5) is 9.52 Å². The van der Waals surface area contributed by atoms with E-state index in [9.17, 15) is 9.18 Å². The molecule has 1 heterocycles. The van der Waals surface area contributed by atoms with Gasteiger partial charge in [0.05, 0.1) is 11.2 Å². The van der Waals surface area contributed by atoms with Gasteiger partial charge >= 0.3 is 0 Å². The smallest absolute Gasteiger partial charge is 0.229 e. The molecule has 0 unspecified atom stereocenters. The number of halogens is 1. The predicted octanol–water partition coefficient (Wildman–Crippen LogP) is 4.77. The van der Waals surface area contributed by atoms with Crippen LogP contribution < -0.4 is 4.90 Å². The second kappa shape index (κ2) is 6.87. The lowest BCUT2D eigenvalue weighted by Crippen LogP contribution is -2.29. The van der Waals surface area contributed by atoms with Crippen molar-refractivity contribution in [3.8, 4) is 0 Å². The van der Waals surface area contributed by atoms with Crippen LogP contribution in [0, 0.1) is 5.82 Å². The van der Waals surface area contributed by atoms with Gasteiger partial charge in [0.25, 0.3) is 0 Å². The van der Waals surface area contributed by atoms with Crippen LogP contribution in [0.5, 0.6) is 0 Å². The van der Waals surface area contributed by atoms with Crippen LogP contribution in [0.3, 0.4) is 0 Å². The normalized spacial score (nSPS) is 10.9. The highest BCUT2D eigenvalue weighted by Gasteiger charge is 2.20. The Morgan fingerprint density at radius 2 is 1.96 bits per heavy atom. The number of amides is 1. The van der Waals surface area contributed by atoms with E-state index in [2.05, 4.69) is 4.98 Å². The zero-order valence-corrected chi connectivity index (χ0v) is 13.6. The molecule has 118 valence electrons. The number of nitrogens with zero attached hydrogens (tertiary/aromatic N) is 2. The lowest BCUT2D eigenvalue weighted by molar-refractivity contribution is -0.118. The fourth-order valence-corrected chi connectivity index (χ4v) is 3.39. The minimum absolute atomic E-state index is 0.0100. The first kappa shape index (κ1) is 15.6. The molecule has 5 heteroatoms. The van der Waals surface area contributed by atoms with E-state index in [-0.39, 0.29) is 11.7 Å². The van der Waals surface area contributed by atoms with Gasteiger partial charge in [0.1, 0.15) is 11.3 Å². The van der Waals surface area contributed by atoms with Crippen molar-refractivity contribution in [3.05, 3.63) is 59.9 Å². The molecule has 1 amide bonds. The van der Waals surface area contributed by atoms with Gasteiger partial charge < -0.3 is 0 Å². The highest BCUT2D eigenvalue weighted by Crippen LogP contribution is 2.31. The second-order valence-corrected chi connectivity index (χ2v) is 6.31. The minimum Gasteiger partial charge on any atom is -0.284 e. The zero-order chi connectivity index (χ0) is 16.2. The van der Waals surface area contributed by atoms with E-state index in [0.29, 0.717) is 23.6 Å². The van der Waals surface area contributed by atoms with Crippen molar-refractivity contribution in [2.24, 2.45) is 0 Å². The van der Waals surface area contributed by atoms with Gasteiger partial charge in [-0.05, 0) is 24.1 Å². The van der Waals surface area contributed by atoms with Crippen LogP contribution >= 0.6 is 11.3 Å². The van der Waals surface area contributed by atoms with E-state index in [0.717, 1.165) is 16.7 Å². The number of hydrogen-bond donors (Lipinski definition) is 0. The summed E-state index contributed by atoms with van der Waals surface area (Å²) in [6.45, 7) is 2.41. The summed E-state index contributed by atoms with van der Waals surface area (Å²) in [5, 5.41) is 0.549. The molecule has 0 N–H and O–H groups in total. The maximum Gasteiger partial charge on any atom is 0.229 e. The summed E-state index contributed by atoms with van der Waals surface area (Å²) in [6.07, 6.45) is 1.22. The van der Waals surface area contributed by atoms with Crippen molar-refractivity contribution in [1.29, 1.82) is 0 Å². The highest BCUT2D eigenvalue weighted by molar-refractivity contribution is 7.22. The number of thiazole rings is 1. The number of benzene rings is 2. The molecule has 0 fully saturated rings. The Kier molecular flexibility index (Phi) is 4.67. The molecule has 0 bridgehead atoms. The Morgan fingerprint density at radius 1 is 1.17 bits per heavy atom. The number of para-hydroxylation sites is 1. The van der Waals surface area contributed by atoms with Crippen LogP contribution in [0.15, 0.2) is 48.5 Å². The summed E-state index contributed by atoms with van der Waals surface area (Å²) >= 11 is 1.35. The van der Waals surface area contributed by atoms with Crippen molar-refractivity contribution in [3.63, 3.8) is 0 Å². The summed E-state index contributed by atoms with van der Waals surface area (Å²) in [5.41, 5.74) is 1.35. The van der Waals surface area contributed by atoms with Gasteiger partial charge in [0.15, 0.2) is 5.13 Å². The number of anilines is 1. The molecule has 0 aliphatic rings. The molecule has 0 saturated carbocycles. The molecule has 3 nitrogen and oxygen atoms in total. The maximum absolute atomic E-state index is 13.9. The van der Waals surface area contributed by atoms with E-state index in [4.69, 9.17) is 0 Å². The van der Waals surface area contributed by atoms with E-state index in [1.807, 2.05) is 43.3 Å². The van der Waals surface area contributed by atoms with E-state index in [1.165, 1.54) is 17.4 Å². The van der Waals surface area contributed by atoms with Gasteiger partial charge in [-0.3, -0.25) is 9.69 Å². The summed E-state index contributed by atoms with van der Waals surface area (Å²) in [6, 6.07) is 14.6. The third-order valence-corrected chi connectivity index (χ3v) is 4.58. The van der Waals surface area contributed by atoms with Crippen molar-refractivity contribution >= 4 is 32.6 Å². The maximum atomic E-state index is 13.9. The number of carbonyl (C=O) groups excluding carboxylic acids is 1. The molecule has 23 heavy (non-hydrogen) atoms. The fraction of sp³-hybridized carbons (Fsp3) is 0.222. The minimum atomic E-state index is -0.354. The Morgan fingerprint density at radius 3 is 2.65 bits per heavy atom. The lowest BCUT2D eigenvalue weighted by atomic mass is 10.2. The largest absolute Gasteiger partial charge is 0.284 e. The molecular weight excluding hydrogens is 311 g/mol. The van der Waals surface area contributed by atoms with Gasteiger partial charge in [0, 0.05) is 6.42 Å². The SMILES string of the molecule is CCCC(=O)N(Cc1ccccc1)c1nc2c(F)cccc2s1. The van der Waals surface area contributed by atoms with Crippen molar-refractivity contribution in [1.82, 2.24) is 4.98 Å². The Labute approximate surface area is 138 Å². The van der Waals surface area contributed by atoms with Crippen molar-refractivity contribution in [2.45, 2.75) is 26.3 Å². The third kappa shape index (κ3) is 3.40. The van der Waals surface area contributed by atoms with E-state index >= 15 is 0 Å². The fourth-order valence-electron chi connectivity index (χ4n) is 2.40. The first-order chi connectivity index (χ1) is 11.2. The molecular formula is C18H17FN2OS. The third-order valence-electron chi connectivity index (χ3n) is 3.54. The Bertz CT molecular complexity index is 816. The quantitative estimate of drug-likeness (QED) is 0.676. The van der Waals surface area contributed by atoms with Crippen LogP contribution in [0.25, 0.3) is 10.2 Å². The molecule has 1 aromatic heterocycles. The van der Waals surface area contributed by atoms with Crippen molar-refractivity contribution < 1.29 is 9.18 Å². The predicted molar refractivity (Wildman–Crippen MR) is 92.1 cm³/mol. The first-order valence-electron chi connectivity index (χ1n) is 7.58. The van der Waals surface area contributed by atoms with Gasteiger partial charge in [-0.15, -0.1) is 0 Å². The molecule has 0 atom stereocenters. The number of carbonyl (C=O) groups is 1. The topological polar surface area (TPSA) is 33.2 Å². The van der Waals surface area contributed by atoms with Crippen LogP contribution in [0.1, 0.15) is 25.3 Å². The average Bonchev–Trinajstić information content (AvgIpc) is 2.99. The zero-order valence-electron chi connectivity index (χ0n) is 12.8. The van der Waals surface area contributed by atoms with E-state index in [1.54, 1.807) is 11.0 Å². The van der Waals surface area contributed by atoms with Crippen LogP contribution in [-0.2, 0) is 11.3 Å². The van der Waals surface area contributed by atoms with Gasteiger partial charge in [-0.25, -0.2) is 9.37 Å². The first-order valence-corrected chi connectivity index (χ1v) is 8.40. The summed E-state index contributed by atoms with van der Waals surface area (Å²) in [5.74, 6) is -0.344. The highest BCUT2D eigenvalue weighted by atomic mass is 32.1. The number of aromatic nitrogens is 1. The number of fused-ring (bicyclic) bond motifs is 1. The van der Waals surface area contributed by atoms with E-state index < -0.39 is 0 Å². The van der Waals surface area contributed by atoms with Gasteiger partial charge in [-0.2, -0.15) is 0 Å². The van der Waals surface area contributed by atoms with Gasteiger partial charge in [0.2, 0.25) is 5.91 Å². The molecule has 0 aliphatic heterocycles. The Hall–Kier alpha value is -2.27. The van der Waals surface area contributed by atoms with Crippen LogP contribution in [0.2, 0.25) is 0 Å². The molecule has 0 spiro atoms. The Balaban J connectivity index is 1.99. The standard InChI is InChI=1S/C18H17FN2OS/c1-2-7-16(22)21(12-13-8-4-3-5-9-13)18-20-17-14(19)10-6-11-15(17)23-18/h3-6,8-11H,2,7,12H2,1H3. The van der Waals surface area contributed by atoms with Gasteiger partial charge in [-0.1, -0.05) is 54.7 Å². The van der Waals surface area contributed by atoms with Crippen LogP contribution in [-0.4, -0.2) is 10.9 Å². The van der Waals surface area contributed by atoms with Crippen molar-refractivity contribution in [2.75, 3.05) is 4.90 Å². The monoisotopic (exact) mass is 328 g/mol. The summed E-state index contributed by atoms with van der Waals surface area (Å²) < 4.78 is 14.6.